The molecule has 0 amide bonds. The van der Waals surface area contributed by atoms with Gasteiger partial charge in [-0.25, -0.2) is 0 Å². The van der Waals surface area contributed by atoms with Crippen LogP contribution >= 0.6 is 0 Å². The lowest BCUT2D eigenvalue weighted by atomic mass is 9.99. The van der Waals surface area contributed by atoms with Gasteiger partial charge >= 0.3 is 6.18 Å². The zero-order chi connectivity index (χ0) is 12.0. The summed E-state index contributed by atoms with van der Waals surface area (Å²) in [6, 6.07) is 0.0786. The van der Waals surface area contributed by atoms with Gasteiger partial charge in [0, 0.05) is 6.04 Å². The molecule has 0 saturated heterocycles. The second-order valence-electron chi connectivity index (χ2n) is 4.34. The van der Waals surface area contributed by atoms with Crippen LogP contribution in [0.5, 0.6) is 0 Å². The van der Waals surface area contributed by atoms with Crippen molar-refractivity contribution >= 4 is 0 Å². The monoisotopic (exact) mass is 239 g/mol. The molecule has 1 aliphatic rings. The lowest BCUT2D eigenvalue weighted by Gasteiger charge is -2.24. The first-order chi connectivity index (χ1) is 7.53. The maximum absolute atomic E-state index is 11.9. The summed E-state index contributed by atoms with van der Waals surface area (Å²) in [5, 5.41) is 3.22. The van der Waals surface area contributed by atoms with Gasteiger partial charge in [-0.2, -0.15) is 13.2 Å². The Hall–Kier alpha value is -0.290. The molecule has 0 heterocycles. The first kappa shape index (κ1) is 13.8. The molecule has 0 aromatic carbocycles. The second kappa shape index (κ2) is 6.45. The molecular formula is C11H20F3NO. The largest absolute Gasteiger partial charge is 0.411 e. The number of ether oxygens (including phenoxy) is 1. The molecule has 1 atom stereocenters. The highest BCUT2D eigenvalue weighted by molar-refractivity contribution is 4.80. The van der Waals surface area contributed by atoms with Crippen LogP contribution in [0, 0.1) is 5.92 Å². The smallest absolute Gasteiger partial charge is 0.370 e. The van der Waals surface area contributed by atoms with Crippen LogP contribution in [0.3, 0.4) is 0 Å². The van der Waals surface area contributed by atoms with Crippen LogP contribution in [0.1, 0.15) is 32.6 Å². The van der Waals surface area contributed by atoms with Gasteiger partial charge in [0.15, 0.2) is 0 Å². The fourth-order valence-corrected chi connectivity index (χ4v) is 2.29. The Morgan fingerprint density at radius 2 is 1.94 bits per heavy atom. The van der Waals surface area contributed by atoms with Gasteiger partial charge in [0.05, 0.1) is 6.61 Å². The van der Waals surface area contributed by atoms with E-state index in [0.29, 0.717) is 5.92 Å². The highest BCUT2D eigenvalue weighted by Crippen LogP contribution is 2.28. The predicted molar refractivity (Wildman–Crippen MR) is 56.3 cm³/mol. The molecule has 1 unspecified atom stereocenters. The Balaban J connectivity index is 2.27. The van der Waals surface area contributed by atoms with Gasteiger partial charge in [-0.3, -0.25) is 0 Å². The van der Waals surface area contributed by atoms with Gasteiger partial charge in [-0.05, 0) is 25.3 Å². The number of halogens is 3. The van der Waals surface area contributed by atoms with Gasteiger partial charge in [-0.15, -0.1) is 0 Å². The third-order valence-electron chi connectivity index (χ3n) is 3.00. The van der Waals surface area contributed by atoms with Crippen LogP contribution in [0.25, 0.3) is 0 Å². The zero-order valence-corrected chi connectivity index (χ0v) is 9.65. The Labute approximate surface area is 94.5 Å². The summed E-state index contributed by atoms with van der Waals surface area (Å²) in [6.07, 6.45) is 0.365. The quantitative estimate of drug-likeness (QED) is 0.769. The minimum absolute atomic E-state index is 0.0786. The molecule has 1 saturated carbocycles. The van der Waals surface area contributed by atoms with E-state index in [-0.39, 0.29) is 12.6 Å². The third kappa shape index (κ3) is 5.16. The summed E-state index contributed by atoms with van der Waals surface area (Å²) in [4.78, 5) is 0. The molecule has 0 aromatic heterocycles. The van der Waals surface area contributed by atoms with E-state index in [1.54, 1.807) is 0 Å². The summed E-state index contributed by atoms with van der Waals surface area (Å²) in [5.74, 6) is 0.480. The molecule has 0 radical (unpaired) electrons. The van der Waals surface area contributed by atoms with Gasteiger partial charge in [-0.1, -0.05) is 19.8 Å². The number of rotatable bonds is 6. The minimum atomic E-state index is -4.22. The molecule has 0 spiro atoms. The maximum Gasteiger partial charge on any atom is 0.411 e. The molecular weight excluding hydrogens is 219 g/mol. The van der Waals surface area contributed by atoms with Crippen LogP contribution in [-0.2, 0) is 4.74 Å². The van der Waals surface area contributed by atoms with E-state index in [1.807, 2.05) is 6.92 Å². The molecule has 16 heavy (non-hydrogen) atoms. The summed E-state index contributed by atoms with van der Waals surface area (Å²) < 4.78 is 40.5. The van der Waals surface area contributed by atoms with Crippen molar-refractivity contribution in [3.63, 3.8) is 0 Å². The third-order valence-corrected chi connectivity index (χ3v) is 3.00. The summed E-state index contributed by atoms with van der Waals surface area (Å²) in [6.45, 7) is 1.77. The molecule has 1 fully saturated rings. The molecule has 5 heteroatoms. The van der Waals surface area contributed by atoms with E-state index in [2.05, 4.69) is 5.32 Å². The Kier molecular flexibility index (Phi) is 5.55. The van der Waals surface area contributed by atoms with E-state index < -0.39 is 12.8 Å². The van der Waals surface area contributed by atoms with Crippen molar-refractivity contribution in [2.75, 3.05) is 19.8 Å². The van der Waals surface area contributed by atoms with Crippen molar-refractivity contribution in [1.29, 1.82) is 0 Å². The Bertz CT molecular complexity index is 190. The molecule has 96 valence electrons. The highest BCUT2D eigenvalue weighted by atomic mass is 19.4. The summed E-state index contributed by atoms with van der Waals surface area (Å²) >= 11 is 0. The Morgan fingerprint density at radius 1 is 1.31 bits per heavy atom. The first-order valence-corrected chi connectivity index (χ1v) is 5.91. The molecule has 1 aliphatic carbocycles. The maximum atomic E-state index is 11.9. The van der Waals surface area contributed by atoms with Gasteiger partial charge < -0.3 is 10.1 Å². The van der Waals surface area contributed by atoms with Crippen molar-refractivity contribution < 1.29 is 17.9 Å². The van der Waals surface area contributed by atoms with Crippen LogP contribution in [0.15, 0.2) is 0 Å². The Morgan fingerprint density at radius 3 is 2.44 bits per heavy atom. The van der Waals surface area contributed by atoms with Crippen LogP contribution in [-0.4, -0.2) is 32.0 Å². The number of alkyl halides is 3. The number of hydrogen-bond donors (Lipinski definition) is 1. The normalized spacial score (nSPS) is 20.2. The van der Waals surface area contributed by atoms with Gasteiger partial charge in [0.25, 0.3) is 0 Å². The second-order valence-corrected chi connectivity index (χ2v) is 4.34. The van der Waals surface area contributed by atoms with Crippen molar-refractivity contribution in [2.45, 2.75) is 44.8 Å². The van der Waals surface area contributed by atoms with E-state index in [0.717, 1.165) is 19.4 Å². The predicted octanol–water partition coefficient (Wildman–Crippen LogP) is 2.73. The molecule has 0 aliphatic heterocycles. The average Bonchev–Trinajstić information content (AvgIpc) is 2.67. The van der Waals surface area contributed by atoms with E-state index in [9.17, 15) is 13.2 Å². The fourth-order valence-electron chi connectivity index (χ4n) is 2.29. The number of nitrogens with one attached hydrogen (secondary N) is 1. The average molecular weight is 239 g/mol. The van der Waals surface area contributed by atoms with Crippen LogP contribution < -0.4 is 5.32 Å². The molecule has 0 bridgehead atoms. The summed E-state index contributed by atoms with van der Waals surface area (Å²) in [5.41, 5.74) is 0. The van der Waals surface area contributed by atoms with E-state index >= 15 is 0 Å². The lowest BCUT2D eigenvalue weighted by Crippen LogP contribution is -2.39. The van der Waals surface area contributed by atoms with Crippen LogP contribution in [0.4, 0.5) is 13.2 Å². The molecule has 2 nitrogen and oxygen atoms in total. The van der Waals surface area contributed by atoms with Gasteiger partial charge in [0.1, 0.15) is 6.61 Å². The molecule has 1 N–H and O–H groups in total. The standard InChI is InChI=1S/C11H20F3NO/c1-2-15-10(9-5-3-4-6-9)7-16-8-11(12,13)14/h9-10,15H,2-8H2,1H3. The highest BCUT2D eigenvalue weighted by Gasteiger charge is 2.29. The van der Waals surface area contributed by atoms with Crippen LogP contribution in [0.2, 0.25) is 0 Å². The lowest BCUT2D eigenvalue weighted by molar-refractivity contribution is -0.176. The van der Waals surface area contributed by atoms with Crippen molar-refractivity contribution in [3.8, 4) is 0 Å². The molecule has 1 rings (SSSR count). The van der Waals surface area contributed by atoms with Gasteiger partial charge in [0.2, 0.25) is 0 Å². The first-order valence-electron chi connectivity index (χ1n) is 5.91. The minimum Gasteiger partial charge on any atom is -0.370 e. The number of likely N-dealkylation sites (N-methyl/N-ethyl adjacent to an activating group) is 1. The topological polar surface area (TPSA) is 21.3 Å². The van der Waals surface area contributed by atoms with Crippen molar-refractivity contribution in [3.05, 3.63) is 0 Å². The van der Waals surface area contributed by atoms with Crippen molar-refractivity contribution in [1.82, 2.24) is 5.32 Å². The zero-order valence-electron chi connectivity index (χ0n) is 9.65. The van der Waals surface area contributed by atoms with E-state index in [1.165, 1.54) is 12.8 Å². The number of hydrogen-bond acceptors (Lipinski definition) is 2. The van der Waals surface area contributed by atoms with Crippen molar-refractivity contribution in [2.24, 2.45) is 5.92 Å². The fraction of sp³-hybridized carbons (Fsp3) is 1.00. The van der Waals surface area contributed by atoms with E-state index in [4.69, 9.17) is 4.74 Å². The summed E-state index contributed by atoms with van der Waals surface area (Å²) in [7, 11) is 0. The molecule has 0 aromatic rings. The SMILES string of the molecule is CCNC(COCC(F)(F)F)C1CCCC1.